The monoisotopic (exact) mass is 366 g/mol. The number of hydrogen-bond donors (Lipinski definition) is 3. The van der Waals surface area contributed by atoms with Crippen molar-refractivity contribution in [3.05, 3.63) is 65.7 Å². The molecule has 3 aromatic carbocycles. The molecule has 0 unspecified atom stereocenters. The van der Waals surface area contributed by atoms with E-state index in [9.17, 15) is 9.90 Å². The zero-order chi connectivity index (χ0) is 18.7. The first-order valence-corrected chi connectivity index (χ1v) is 8.37. The molecule has 0 atom stereocenters. The number of carbonyl (C=O) groups is 1. The zero-order valence-corrected chi connectivity index (χ0v) is 15.2. The number of aromatic hydroxyl groups is 1. The molecule has 5 nitrogen and oxygen atoms in total. The number of anilines is 1. The number of fused-ring (bicyclic) bond motifs is 1. The van der Waals surface area contributed by atoms with Gasteiger partial charge in [-0.05, 0) is 59.7 Å². The van der Waals surface area contributed by atoms with Crippen LogP contribution in [0.5, 0.6) is 11.5 Å². The summed E-state index contributed by atoms with van der Waals surface area (Å²) in [5, 5.41) is 17.3. The minimum atomic E-state index is -0.391. The molecule has 3 aromatic rings. The van der Waals surface area contributed by atoms with Crippen LogP contribution in [0.25, 0.3) is 10.8 Å². The van der Waals surface area contributed by atoms with Crippen molar-refractivity contribution in [1.29, 1.82) is 0 Å². The van der Waals surface area contributed by atoms with E-state index < -0.39 is 5.91 Å². The quantitative estimate of drug-likeness (QED) is 0.483. The molecular weight excluding hydrogens is 348 g/mol. The largest absolute Gasteiger partial charge is 0.506 e. The number of rotatable bonds is 3. The van der Waals surface area contributed by atoms with Crippen LogP contribution >= 0.6 is 12.2 Å². The van der Waals surface area contributed by atoms with Gasteiger partial charge in [-0.15, -0.1) is 0 Å². The predicted octanol–water partition coefficient (Wildman–Crippen LogP) is 3.99. The highest BCUT2D eigenvalue weighted by molar-refractivity contribution is 7.80. The summed E-state index contributed by atoms with van der Waals surface area (Å²) in [6.07, 6.45) is 0. The molecule has 0 saturated heterocycles. The second kappa shape index (κ2) is 7.41. The number of phenols is 1. The molecule has 0 fully saturated rings. The van der Waals surface area contributed by atoms with Crippen LogP contribution in [-0.4, -0.2) is 23.2 Å². The molecule has 6 heteroatoms. The van der Waals surface area contributed by atoms with Crippen molar-refractivity contribution in [1.82, 2.24) is 5.32 Å². The molecule has 0 aliphatic heterocycles. The van der Waals surface area contributed by atoms with Crippen LogP contribution in [0.4, 0.5) is 5.69 Å². The number of hydrogen-bond acceptors (Lipinski definition) is 4. The number of benzene rings is 3. The molecule has 26 heavy (non-hydrogen) atoms. The van der Waals surface area contributed by atoms with Gasteiger partial charge in [0, 0.05) is 0 Å². The maximum Gasteiger partial charge on any atom is 0.261 e. The summed E-state index contributed by atoms with van der Waals surface area (Å²) in [6, 6.07) is 16.4. The molecule has 3 rings (SSSR count). The van der Waals surface area contributed by atoms with Gasteiger partial charge in [-0.2, -0.15) is 0 Å². The Bertz CT molecular complexity index is 1000. The fourth-order valence-corrected chi connectivity index (χ4v) is 2.84. The average Bonchev–Trinajstić information content (AvgIpc) is 2.63. The number of carbonyl (C=O) groups excluding carboxylic acids is 1. The van der Waals surface area contributed by atoms with Crippen molar-refractivity contribution in [2.24, 2.45) is 0 Å². The first kappa shape index (κ1) is 17.7. The van der Waals surface area contributed by atoms with E-state index in [0.717, 1.165) is 16.3 Å². The zero-order valence-electron chi connectivity index (χ0n) is 14.4. The van der Waals surface area contributed by atoms with Gasteiger partial charge in [0.1, 0.15) is 11.5 Å². The molecule has 3 N–H and O–H groups in total. The average molecular weight is 366 g/mol. The molecule has 0 aliphatic rings. The first-order chi connectivity index (χ1) is 12.5. The summed E-state index contributed by atoms with van der Waals surface area (Å²) in [5.41, 5.74) is 1.76. The summed E-state index contributed by atoms with van der Waals surface area (Å²) in [7, 11) is 1.52. The Labute approximate surface area is 156 Å². The van der Waals surface area contributed by atoms with Crippen molar-refractivity contribution in [3.8, 4) is 11.5 Å². The molecule has 132 valence electrons. The third-order valence-electron chi connectivity index (χ3n) is 3.94. The van der Waals surface area contributed by atoms with Gasteiger partial charge in [-0.25, -0.2) is 0 Å². The maximum absolute atomic E-state index is 12.6. The number of methoxy groups -OCH3 is 1. The van der Waals surface area contributed by atoms with E-state index in [1.165, 1.54) is 7.11 Å². The molecule has 0 radical (unpaired) electrons. The Hall–Kier alpha value is -3.12. The Morgan fingerprint density at radius 3 is 2.46 bits per heavy atom. The van der Waals surface area contributed by atoms with Crippen molar-refractivity contribution in [2.45, 2.75) is 6.92 Å². The fourth-order valence-electron chi connectivity index (χ4n) is 2.64. The second-order valence-corrected chi connectivity index (χ2v) is 6.24. The van der Waals surface area contributed by atoms with Crippen LogP contribution in [0.2, 0.25) is 0 Å². The van der Waals surface area contributed by atoms with Gasteiger partial charge in [0.15, 0.2) is 5.11 Å². The minimum Gasteiger partial charge on any atom is -0.506 e. The van der Waals surface area contributed by atoms with Crippen LogP contribution < -0.4 is 15.4 Å². The lowest BCUT2D eigenvalue weighted by molar-refractivity contribution is 0.0975. The third-order valence-corrected chi connectivity index (χ3v) is 4.14. The van der Waals surface area contributed by atoms with Crippen molar-refractivity contribution < 1.29 is 14.6 Å². The lowest BCUT2D eigenvalue weighted by Gasteiger charge is -2.13. The topological polar surface area (TPSA) is 70.6 Å². The Morgan fingerprint density at radius 2 is 1.77 bits per heavy atom. The van der Waals surface area contributed by atoms with Crippen molar-refractivity contribution in [3.63, 3.8) is 0 Å². The summed E-state index contributed by atoms with van der Waals surface area (Å²) in [5.74, 6) is 0.120. The van der Waals surface area contributed by atoms with Crippen LogP contribution in [0.15, 0.2) is 54.6 Å². The van der Waals surface area contributed by atoms with Crippen LogP contribution in [0.1, 0.15) is 15.9 Å². The normalized spacial score (nSPS) is 10.4. The molecule has 0 saturated carbocycles. The summed E-state index contributed by atoms with van der Waals surface area (Å²) in [4.78, 5) is 12.6. The number of amides is 1. The lowest BCUT2D eigenvalue weighted by Crippen LogP contribution is -2.34. The molecular formula is C20H18N2O3S. The Balaban J connectivity index is 1.82. The SMILES string of the molecule is COc1cc2ccccc2cc1C(=O)NC(=S)Nc1cc(C)ccc1O. The van der Waals surface area contributed by atoms with Gasteiger partial charge in [0.25, 0.3) is 5.91 Å². The first-order valence-electron chi connectivity index (χ1n) is 7.96. The highest BCUT2D eigenvalue weighted by atomic mass is 32.1. The fraction of sp³-hybridized carbons (Fsp3) is 0.100. The van der Waals surface area contributed by atoms with Crippen molar-refractivity contribution in [2.75, 3.05) is 12.4 Å². The number of nitrogens with one attached hydrogen (secondary N) is 2. The van der Waals surface area contributed by atoms with E-state index in [1.54, 1.807) is 24.3 Å². The minimum absolute atomic E-state index is 0.0514. The van der Waals surface area contributed by atoms with E-state index in [-0.39, 0.29) is 10.9 Å². The van der Waals surface area contributed by atoms with Gasteiger partial charge in [-0.3, -0.25) is 10.1 Å². The molecule has 0 aromatic heterocycles. The number of phenolic OH excluding ortho intramolecular Hbond substituents is 1. The second-order valence-electron chi connectivity index (χ2n) is 5.83. The van der Waals surface area contributed by atoms with E-state index in [4.69, 9.17) is 17.0 Å². The number of ether oxygens (including phenoxy) is 1. The molecule has 0 bridgehead atoms. The lowest BCUT2D eigenvalue weighted by atomic mass is 10.1. The van der Waals surface area contributed by atoms with Crippen molar-refractivity contribution >= 4 is 39.7 Å². The highest BCUT2D eigenvalue weighted by Gasteiger charge is 2.15. The molecule has 0 aliphatic carbocycles. The molecule has 0 spiro atoms. The van der Waals surface area contributed by atoms with E-state index >= 15 is 0 Å². The van der Waals surface area contributed by atoms with Gasteiger partial charge in [0.2, 0.25) is 0 Å². The van der Waals surface area contributed by atoms with Gasteiger partial charge in [0.05, 0.1) is 18.4 Å². The summed E-state index contributed by atoms with van der Waals surface area (Å²) >= 11 is 5.20. The molecule has 1 amide bonds. The number of aryl methyl sites for hydroxylation is 1. The summed E-state index contributed by atoms with van der Waals surface area (Å²) in [6.45, 7) is 1.90. The highest BCUT2D eigenvalue weighted by Crippen LogP contribution is 2.26. The van der Waals surface area contributed by atoms with Crippen LogP contribution in [0, 0.1) is 6.92 Å². The Kier molecular flexibility index (Phi) is 5.04. The maximum atomic E-state index is 12.6. The van der Waals surface area contributed by atoms with Gasteiger partial charge < -0.3 is 15.2 Å². The van der Waals surface area contributed by atoms with E-state index in [0.29, 0.717) is 17.0 Å². The standard InChI is InChI=1S/C20H18N2O3S/c1-12-7-8-17(23)16(9-12)21-20(26)22-19(24)15-10-13-5-3-4-6-14(13)11-18(15)25-2/h3-11,23H,1-2H3,(H2,21,22,24,26). The number of thiocarbonyl (C=S) groups is 1. The summed E-state index contributed by atoms with van der Waals surface area (Å²) < 4.78 is 5.34. The smallest absolute Gasteiger partial charge is 0.261 e. The van der Waals surface area contributed by atoms with E-state index in [2.05, 4.69) is 10.6 Å². The Morgan fingerprint density at radius 1 is 1.08 bits per heavy atom. The predicted molar refractivity (Wildman–Crippen MR) is 107 cm³/mol. The van der Waals surface area contributed by atoms with Crippen LogP contribution in [-0.2, 0) is 0 Å². The van der Waals surface area contributed by atoms with E-state index in [1.807, 2.05) is 37.3 Å². The molecule has 0 heterocycles. The third kappa shape index (κ3) is 3.75. The van der Waals surface area contributed by atoms with Gasteiger partial charge >= 0.3 is 0 Å². The van der Waals surface area contributed by atoms with Crippen LogP contribution in [0.3, 0.4) is 0 Å². The van der Waals surface area contributed by atoms with Gasteiger partial charge in [-0.1, -0.05) is 30.3 Å².